The van der Waals surface area contributed by atoms with Gasteiger partial charge in [-0.3, -0.25) is 0 Å². The van der Waals surface area contributed by atoms with Crippen LogP contribution in [-0.2, 0) is 9.47 Å². The highest BCUT2D eigenvalue weighted by Gasteiger charge is 2.31. The molecule has 13 heavy (non-hydrogen) atoms. The van der Waals surface area contributed by atoms with E-state index in [0.29, 0.717) is 6.42 Å². The lowest BCUT2D eigenvalue weighted by Crippen LogP contribution is -2.51. The molecule has 0 aromatic carbocycles. The van der Waals surface area contributed by atoms with E-state index < -0.39 is 19.0 Å². The van der Waals surface area contributed by atoms with Gasteiger partial charge in [-0.1, -0.05) is 0 Å². The van der Waals surface area contributed by atoms with Gasteiger partial charge in [-0.25, -0.2) is 4.39 Å². The fourth-order valence-electron chi connectivity index (χ4n) is 1.48. The third kappa shape index (κ3) is 2.60. The summed E-state index contributed by atoms with van der Waals surface area (Å²) in [6, 6.07) is -0.696. The summed E-state index contributed by atoms with van der Waals surface area (Å²) in [6.07, 6.45) is 0.745. The maximum atomic E-state index is 12.2. The van der Waals surface area contributed by atoms with E-state index in [1.165, 1.54) is 7.11 Å². The minimum absolute atomic E-state index is 0.131. The average molecular weight is 192 g/mol. The molecule has 0 bridgehead atoms. The van der Waals surface area contributed by atoms with Gasteiger partial charge in [-0.2, -0.15) is 0 Å². The normalized spacial score (nSPS) is 37.4. The van der Waals surface area contributed by atoms with E-state index in [1.54, 1.807) is 0 Å². The van der Waals surface area contributed by atoms with E-state index in [4.69, 9.17) is 20.9 Å². The van der Waals surface area contributed by atoms with Crippen molar-refractivity contribution < 1.29 is 13.9 Å². The fourth-order valence-corrected chi connectivity index (χ4v) is 1.48. The van der Waals surface area contributed by atoms with Crippen LogP contribution in [0.3, 0.4) is 0 Å². The quantitative estimate of drug-likeness (QED) is 0.647. The van der Waals surface area contributed by atoms with Gasteiger partial charge in [-0.15, -0.1) is 0 Å². The largest absolute Gasteiger partial charge is 0.354 e. The van der Waals surface area contributed by atoms with E-state index in [-0.39, 0.29) is 12.1 Å². The van der Waals surface area contributed by atoms with Crippen molar-refractivity contribution >= 4 is 0 Å². The number of alkyl halides is 1. The zero-order valence-electron chi connectivity index (χ0n) is 7.78. The molecule has 4 N–H and O–H groups in total. The van der Waals surface area contributed by atoms with Crippen molar-refractivity contribution in [3.05, 3.63) is 0 Å². The molecule has 4 nitrogen and oxygen atoms in total. The molecule has 1 fully saturated rings. The molecule has 3 unspecified atom stereocenters. The van der Waals surface area contributed by atoms with Crippen molar-refractivity contribution in [2.45, 2.75) is 37.3 Å². The van der Waals surface area contributed by atoms with Crippen LogP contribution in [0, 0.1) is 0 Å². The van der Waals surface area contributed by atoms with Crippen LogP contribution >= 0.6 is 0 Å². The van der Waals surface area contributed by atoms with E-state index in [2.05, 4.69) is 0 Å². The van der Waals surface area contributed by atoms with Crippen LogP contribution in [0.25, 0.3) is 0 Å². The summed E-state index contributed by atoms with van der Waals surface area (Å²) in [4.78, 5) is 0. The molecule has 0 saturated carbocycles. The first-order valence-electron chi connectivity index (χ1n) is 4.44. The monoisotopic (exact) mass is 192 g/mol. The molecule has 1 heterocycles. The number of ether oxygens (including phenoxy) is 2. The number of halogens is 1. The van der Waals surface area contributed by atoms with Gasteiger partial charge in [0, 0.05) is 7.11 Å². The third-order valence-corrected chi connectivity index (χ3v) is 2.33. The summed E-state index contributed by atoms with van der Waals surface area (Å²) in [6.45, 7) is -0.573. The number of hydrogen-bond donors (Lipinski definition) is 2. The van der Waals surface area contributed by atoms with Gasteiger partial charge in [0.1, 0.15) is 6.67 Å². The lowest BCUT2D eigenvalue weighted by molar-refractivity contribution is -0.194. The van der Waals surface area contributed by atoms with Crippen LogP contribution in [0.5, 0.6) is 0 Å². The van der Waals surface area contributed by atoms with Crippen molar-refractivity contribution in [1.29, 1.82) is 0 Å². The molecular weight excluding hydrogens is 175 g/mol. The van der Waals surface area contributed by atoms with Crippen molar-refractivity contribution in [1.82, 2.24) is 0 Å². The van der Waals surface area contributed by atoms with Gasteiger partial charge in [0.25, 0.3) is 0 Å². The molecule has 0 spiro atoms. The summed E-state index contributed by atoms with van der Waals surface area (Å²) in [7, 11) is 1.52. The van der Waals surface area contributed by atoms with E-state index >= 15 is 0 Å². The molecule has 0 radical (unpaired) electrons. The summed E-state index contributed by atoms with van der Waals surface area (Å²) >= 11 is 0. The molecule has 78 valence electrons. The maximum Gasteiger partial charge on any atom is 0.172 e. The molecule has 1 saturated heterocycles. The highest BCUT2D eigenvalue weighted by molar-refractivity contribution is 4.82. The number of rotatable bonds is 3. The minimum Gasteiger partial charge on any atom is -0.354 e. The predicted molar refractivity (Wildman–Crippen MR) is 46.8 cm³/mol. The Morgan fingerprint density at radius 2 is 2.31 bits per heavy atom. The lowest BCUT2D eigenvalue weighted by Gasteiger charge is -2.35. The van der Waals surface area contributed by atoms with E-state index in [0.717, 1.165) is 6.42 Å². The van der Waals surface area contributed by atoms with Crippen LogP contribution in [0.1, 0.15) is 12.8 Å². The highest BCUT2D eigenvalue weighted by Crippen LogP contribution is 2.20. The molecule has 0 amide bonds. The number of nitrogens with two attached hydrogens (primary N) is 2. The summed E-state index contributed by atoms with van der Waals surface area (Å²) < 4.78 is 22.6. The second-order valence-electron chi connectivity index (χ2n) is 3.34. The SMILES string of the molecule is CO[C@H]1OC(C(N)CF)CCC1N. The molecule has 1 aliphatic heterocycles. The van der Waals surface area contributed by atoms with Crippen molar-refractivity contribution in [3.8, 4) is 0 Å². The zero-order valence-corrected chi connectivity index (χ0v) is 7.78. The maximum absolute atomic E-state index is 12.2. The lowest BCUT2D eigenvalue weighted by atomic mass is 10.00. The Labute approximate surface area is 77.4 Å². The van der Waals surface area contributed by atoms with Crippen LogP contribution < -0.4 is 11.5 Å². The Bertz CT molecular complexity index is 159. The van der Waals surface area contributed by atoms with Gasteiger partial charge < -0.3 is 20.9 Å². The van der Waals surface area contributed by atoms with Crippen molar-refractivity contribution in [3.63, 3.8) is 0 Å². The van der Waals surface area contributed by atoms with Crippen molar-refractivity contribution in [2.24, 2.45) is 11.5 Å². The van der Waals surface area contributed by atoms with Gasteiger partial charge in [-0.05, 0) is 12.8 Å². The average Bonchev–Trinajstić information content (AvgIpc) is 2.17. The molecule has 0 aliphatic carbocycles. The van der Waals surface area contributed by atoms with Gasteiger partial charge in [0.2, 0.25) is 0 Å². The van der Waals surface area contributed by atoms with Crippen LogP contribution in [0.4, 0.5) is 4.39 Å². The van der Waals surface area contributed by atoms with Crippen molar-refractivity contribution in [2.75, 3.05) is 13.8 Å². The molecule has 5 heteroatoms. The second kappa shape index (κ2) is 4.85. The first-order valence-corrected chi connectivity index (χ1v) is 4.44. The summed E-state index contributed by atoms with van der Waals surface area (Å²) in [5.41, 5.74) is 11.2. The highest BCUT2D eigenvalue weighted by atomic mass is 19.1. The van der Waals surface area contributed by atoms with Crippen LogP contribution in [0.2, 0.25) is 0 Å². The Balaban J connectivity index is 2.44. The smallest absolute Gasteiger partial charge is 0.172 e. The van der Waals surface area contributed by atoms with Crippen LogP contribution in [-0.4, -0.2) is 38.3 Å². The van der Waals surface area contributed by atoms with E-state index in [1.807, 2.05) is 0 Å². The third-order valence-electron chi connectivity index (χ3n) is 2.33. The van der Waals surface area contributed by atoms with Gasteiger partial charge in [0.15, 0.2) is 6.29 Å². The Morgan fingerprint density at radius 3 is 2.85 bits per heavy atom. The Morgan fingerprint density at radius 1 is 1.62 bits per heavy atom. The summed E-state index contributed by atoms with van der Waals surface area (Å²) in [5.74, 6) is 0. The second-order valence-corrected chi connectivity index (χ2v) is 3.34. The standard InChI is InChI=1S/C8H17FN2O2/c1-12-8-5(10)2-3-7(13-8)6(11)4-9/h5-8H,2-4,10-11H2,1H3/t5?,6?,7?,8-/m0/s1. The Hall–Kier alpha value is -0.230. The molecule has 1 aliphatic rings. The first-order chi connectivity index (χ1) is 6.19. The Kier molecular flexibility index (Phi) is 4.05. The fraction of sp³-hybridized carbons (Fsp3) is 1.00. The molecular formula is C8H17FN2O2. The minimum atomic E-state index is -0.573. The molecule has 1 rings (SSSR count). The van der Waals surface area contributed by atoms with Gasteiger partial charge in [0.05, 0.1) is 18.2 Å². The van der Waals surface area contributed by atoms with Crippen LogP contribution in [0.15, 0.2) is 0 Å². The molecule has 0 aromatic rings. The van der Waals surface area contributed by atoms with Gasteiger partial charge >= 0.3 is 0 Å². The predicted octanol–water partition coefficient (Wildman–Crippen LogP) is -0.238. The topological polar surface area (TPSA) is 70.5 Å². The number of hydrogen-bond acceptors (Lipinski definition) is 4. The summed E-state index contributed by atoms with van der Waals surface area (Å²) in [5, 5.41) is 0. The number of methoxy groups -OCH3 is 1. The van der Waals surface area contributed by atoms with E-state index in [9.17, 15) is 4.39 Å². The zero-order chi connectivity index (χ0) is 9.84. The molecule has 0 aromatic heterocycles. The molecule has 4 atom stereocenters. The first kappa shape index (κ1) is 10.8.